The Balaban J connectivity index is 1.24. The lowest BCUT2D eigenvalue weighted by molar-refractivity contribution is -0.124. The summed E-state index contributed by atoms with van der Waals surface area (Å²) in [5, 5.41) is 24.4. The van der Waals surface area contributed by atoms with Crippen LogP contribution in [-0.4, -0.2) is 75.6 Å². The first-order valence-electron chi connectivity index (χ1n) is 14.0. The zero-order chi connectivity index (χ0) is 32.0. The largest absolute Gasteiger partial charge is 0.301 e. The number of thioether (sulfide) groups is 2. The van der Waals surface area contributed by atoms with E-state index in [-0.39, 0.29) is 59.4 Å². The maximum absolute atomic E-state index is 13.2. The van der Waals surface area contributed by atoms with E-state index in [9.17, 15) is 19.2 Å². The highest BCUT2D eigenvalue weighted by atomic mass is 32.2. The molecule has 0 radical (unpaired) electrons. The molecule has 18 heteroatoms. The van der Waals surface area contributed by atoms with Gasteiger partial charge < -0.3 is 10.6 Å². The van der Waals surface area contributed by atoms with Crippen molar-refractivity contribution in [2.45, 2.75) is 66.2 Å². The van der Waals surface area contributed by atoms with Crippen LogP contribution in [0.25, 0.3) is 0 Å². The molecule has 2 saturated heterocycles. The molecule has 0 bridgehead atoms. The fourth-order valence-electron chi connectivity index (χ4n) is 4.09. The van der Waals surface area contributed by atoms with Crippen molar-refractivity contribution in [1.82, 2.24) is 30.2 Å². The molecular weight excluding hydrogens is 681 g/mol. The molecule has 0 saturated carbocycles. The summed E-state index contributed by atoms with van der Waals surface area (Å²) < 4.78 is 0.644. The molecule has 2 aliphatic heterocycles. The third kappa shape index (κ3) is 9.32. The number of nitrogens with zero attached hydrogens (tertiary/aromatic N) is 6. The lowest BCUT2D eigenvalue weighted by Crippen LogP contribution is -2.31. The maximum Gasteiger partial charge on any atom is 0.267 e. The highest BCUT2D eigenvalue weighted by Crippen LogP contribution is 2.42. The summed E-state index contributed by atoms with van der Waals surface area (Å²) in [6, 6.07) is 0. The first kappa shape index (κ1) is 34.5. The molecule has 44 heavy (non-hydrogen) atoms. The molecule has 2 N–H and O–H groups in total. The van der Waals surface area contributed by atoms with Crippen molar-refractivity contribution in [2.75, 3.05) is 23.7 Å². The van der Waals surface area contributed by atoms with Crippen molar-refractivity contribution in [3.05, 3.63) is 19.8 Å². The van der Waals surface area contributed by atoms with Crippen LogP contribution in [0.1, 0.15) is 63.4 Å². The lowest BCUT2D eigenvalue weighted by atomic mass is 10.1. The summed E-state index contributed by atoms with van der Waals surface area (Å²) in [6.07, 6.45) is 2.68. The van der Waals surface area contributed by atoms with Gasteiger partial charge in [-0.1, -0.05) is 98.3 Å². The van der Waals surface area contributed by atoms with Crippen LogP contribution in [-0.2, 0) is 32.0 Å². The number of rotatable bonds is 14. The number of carbonyl (C=O) groups is 4. The number of nitrogens with one attached hydrogen (secondary N) is 2. The Kier molecular flexibility index (Phi) is 12.3. The molecule has 2 aliphatic rings. The second kappa shape index (κ2) is 15.8. The van der Waals surface area contributed by atoms with Gasteiger partial charge in [0.05, 0.1) is 9.81 Å². The normalized spacial score (nSPS) is 17.1. The molecular formula is C26H32N8O4S6. The Morgan fingerprint density at radius 1 is 0.705 bits per heavy atom. The summed E-state index contributed by atoms with van der Waals surface area (Å²) in [7, 11) is 0. The molecule has 0 aliphatic carbocycles. The van der Waals surface area contributed by atoms with E-state index < -0.39 is 0 Å². The first-order valence-corrected chi connectivity index (χ1v) is 18.1. The average molecular weight is 713 g/mol. The van der Waals surface area contributed by atoms with Crippen LogP contribution < -0.4 is 10.6 Å². The van der Waals surface area contributed by atoms with Crippen molar-refractivity contribution in [2.24, 2.45) is 11.8 Å². The molecule has 4 rings (SSSR count). The Hall–Kier alpha value is -2.38. The summed E-state index contributed by atoms with van der Waals surface area (Å²) in [5.74, 6) is -0.324. The Labute approximate surface area is 282 Å². The summed E-state index contributed by atoms with van der Waals surface area (Å²) in [6.45, 7) is 8.82. The van der Waals surface area contributed by atoms with Gasteiger partial charge in [-0.2, -0.15) is 0 Å². The van der Waals surface area contributed by atoms with Crippen molar-refractivity contribution in [3.63, 3.8) is 0 Å². The van der Waals surface area contributed by atoms with E-state index in [2.05, 4.69) is 58.7 Å². The summed E-state index contributed by atoms with van der Waals surface area (Å²) in [5.41, 5.74) is 0. The van der Waals surface area contributed by atoms with Crippen molar-refractivity contribution in [1.29, 1.82) is 0 Å². The smallest absolute Gasteiger partial charge is 0.267 e. The van der Waals surface area contributed by atoms with E-state index in [4.69, 9.17) is 24.4 Å². The predicted molar refractivity (Wildman–Crippen MR) is 183 cm³/mol. The van der Waals surface area contributed by atoms with E-state index in [0.717, 1.165) is 46.4 Å². The van der Waals surface area contributed by atoms with Crippen molar-refractivity contribution in [3.8, 4) is 0 Å². The Morgan fingerprint density at radius 2 is 1.09 bits per heavy atom. The van der Waals surface area contributed by atoms with Gasteiger partial charge >= 0.3 is 0 Å². The second-order valence-corrected chi connectivity index (χ2v) is 16.2. The first-order chi connectivity index (χ1) is 20.9. The second-order valence-electron chi connectivity index (χ2n) is 10.8. The number of amides is 4. The highest BCUT2D eigenvalue weighted by Gasteiger charge is 2.41. The maximum atomic E-state index is 13.2. The zero-order valence-corrected chi connectivity index (χ0v) is 29.5. The minimum atomic E-state index is -0.378. The number of hydrogen-bond donors (Lipinski definition) is 2. The summed E-state index contributed by atoms with van der Waals surface area (Å²) >= 11 is 15.7. The van der Waals surface area contributed by atoms with Gasteiger partial charge in [0.1, 0.15) is 18.7 Å². The minimum absolute atomic E-state index is 0.166. The van der Waals surface area contributed by atoms with Crippen molar-refractivity contribution >= 4 is 113 Å². The van der Waals surface area contributed by atoms with Crippen LogP contribution in [0, 0.1) is 11.8 Å². The Bertz CT molecular complexity index is 1380. The number of aromatic nitrogens is 4. The quantitative estimate of drug-likeness (QED) is 0.204. The third-order valence-corrected chi connectivity index (χ3v) is 10.8. The Morgan fingerprint density at radius 3 is 1.45 bits per heavy atom. The highest BCUT2D eigenvalue weighted by molar-refractivity contribution is 8.29. The molecule has 12 nitrogen and oxygen atoms in total. The van der Waals surface area contributed by atoms with Gasteiger partial charge in [-0.3, -0.25) is 29.0 Å². The van der Waals surface area contributed by atoms with E-state index in [1.165, 1.54) is 32.5 Å². The molecule has 2 fully saturated rings. The standard InChI is InChI=1S/C26H32N8O4S6/c1-13(2)11-17-29-31-23(41-17)27-15(35)7-5-9-33-21(37)19(43-25(33)39)20-22(38)34(26(40)44-20)10-6-8-16(36)28-24-32-30-18(42-24)12-14(3)4/h13-14H,5-12H2,1-4H3,(H,27,31,35)(H,28,32,36). The minimum Gasteiger partial charge on any atom is -0.301 e. The van der Waals surface area contributed by atoms with Gasteiger partial charge in [0.15, 0.2) is 0 Å². The van der Waals surface area contributed by atoms with E-state index in [0.29, 0.717) is 43.6 Å². The molecule has 4 heterocycles. The molecule has 2 aromatic heterocycles. The van der Waals surface area contributed by atoms with Crippen LogP contribution in [0.3, 0.4) is 0 Å². The van der Waals surface area contributed by atoms with E-state index in [1.807, 2.05) is 0 Å². The third-order valence-electron chi connectivity index (χ3n) is 6.07. The van der Waals surface area contributed by atoms with Crippen LogP contribution in [0.5, 0.6) is 0 Å². The molecule has 0 atom stereocenters. The van der Waals surface area contributed by atoms with Gasteiger partial charge in [0.2, 0.25) is 22.1 Å². The van der Waals surface area contributed by atoms with Gasteiger partial charge in [0.25, 0.3) is 11.8 Å². The zero-order valence-electron chi connectivity index (χ0n) is 24.6. The fourth-order valence-corrected chi connectivity index (χ4v) is 8.79. The fraction of sp³-hybridized carbons (Fsp3) is 0.538. The van der Waals surface area contributed by atoms with Crippen molar-refractivity contribution < 1.29 is 19.2 Å². The van der Waals surface area contributed by atoms with Gasteiger partial charge in [-0.25, -0.2) is 0 Å². The average Bonchev–Trinajstić information content (AvgIpc) is 3.69. The lowest BCUT2D eigenvalue weighted by Gasteiger charge is -2.14. The SMILES string of the molecule is CC(C)Cc1nnc(NC(=O)CCCN2C(=O)C(=C3SC(=S)N(CCCC(=O)Nc4nnc(CC(C)C)s4)C3=O)SC2=S)s1. The van der Waals surface area contributed by atoms with Crippen LogP contribution in [0.2, 0.25) is 0 Å². The van der Waals surface area contributed by atoms with Gasteiger partial charge in [-0.05, 0) is 24.7 Å². The van der Waals surface area contributed by atoms with Crippen LogP contribution in [0.4, 0.5) is 10.3 Å². The number of thiocarbonyl (C=S) groups is 2. The number of carbonyl (C=O) groups excluding carboxylic acids is 4. The molecule has 4 amide bonds. The van der Waals surface area contributed by atoms with Gasteiger partial charge in [0, 0.05) is 38.8 Å². The molecule has 236 valence electrons. The molecule has 0 unspecified atom stereocenters. The topological polar surface area (TPSA) is 150 Å². The predicted octanol–water partition coefficient (Wildman–Crippen LogP) is 4.86. The molecule has 2 aromatic rings. The molecule has 0 spiro atoms. The number of anilines is 2. The monoisotopic (exact) mass is 712 g/mol. The van der Waals surface area contributed by atoms with Gasteiger partial charge in [-0.15, -0.1) is 20.4 Å². The molecule has 0 aromatic carbocycles. The van der Waals surface area contributed by atoms with E-state index >= 15 is 0 Å². The van der Waals surface area contributed by atoms with Crippen LogP contribution >= 0.6 is 70.6 Å². The van der Waals surface area contributed by atoms with Crippen LogP contribution in [0.15, 0.2) is 9.81 Å². The number of hydrogen-bond acceptors (Lipinski definition) is 14. The summed E-state index contributed by atoms with van der Waals surface area (Å²) in [4.78, 5) is 54.5. The van der Waals surface area contributed by atoms with E-state index in [1.54, 1.807) is 0 Å².